The minimum atomic E-state index is -0.533. The van der Waals surface area contributed by atoms with Crippen LogP contribution in [0.25, 0.3) is 0 Å². The first-order valence-electron chi connectivity index (χ1n) is 11.6. The van der Waals surface area contributed by atoms with Crippen LogP contribution in [0.1, 0.15) is 30.0 Å². The molecule has 1 aromatic heterocycles. The molecule has 2 unspecified atom stereocenters. The number of hydrogen-bond donors (Lipinski definition) is 2. The van der Waals surface area contributed by atoms with Gasteiger partial charge in [0, 0.05) is 43.5 Å². The Kier molecular flexibility index (Phi) is 5.16. The minimum Gasteiger partial charge on any atom is -0.480 e. The Hall–Kier alpha value is -2.88. The highest BCUT2D eigenvalue weighted by Gasteiger charge is 2.48. The second-order valence-electron chi connectivity index (χ2n) is 9.59. The van der Waals surface area contributed by atoms with Gasteiger partial charge in [0.05, 0.1) is 6.54 Å². The van der Waals surface area contributed by atoms with Crippen LogP contribution in [0.5, 0.6) is 5.75 Å². The van der Waals surface area contributed by atoms with Crippen LogP contribution in [-0.2, 0) is 16.0 Å². The molecule has 0 bridgehead atoms. The SMILES string of the molecule is NC1c2cccc(Cl)c2CC1CN1CCC2(CC1)CN(c1ccc3c(n1)NC(=O)CO3)C(=O)O2. The zero-order valence-corrected chi connectivity index (χ0v) is 19.4. The minimum absolute atomic E-state index is 0.0102. The molecule has 3 N–H and O–H groups in total. The smallest absolute Gasteiger partial charge is 0.416 e. The number of hydrogen-bond acceptors (Lipinski definition) is 7. The highest BCUT2D eigenvalue weighted by Crippen LogP contribution is 2.40. The van der Waals surface area contributed by atoms with Crippen molar-refractivity contribution in [3.8, 4) is 5.75 Å². The fourth-order valence-electron chi connectivity index (χ4n) is 5.56. The van der Waals surface area contributed by atoms with Crippen molar-refractivity contribution in [2.75, 3.05) is 43.0 Å². The molecular weight excluding hydrogens is 458 g/mol. The number of carbonyl (C=O) groups is 2. The number of aromatic nitrogens is 1. The van der Waals surface area contributed by atoms with Gasteiger partial charge in [0.15, 0.2) is 18.2 Å². The molecule has 10 heteroatoms. The third-order valence-corrected chi connectivity index (χ3v) is 7.81. The number of piperidine rings is 1. The molecule has 1 aliphatic carbocycles. The van der Waals surface area contributed by atoms with Gasteiger partial charge in [-0.3, -0.25) is 9.69 Å². The van der Waals surface area contributed by atoms with E-state index >= 15 is 0 Å². The predicted octanol–water partition coefficient (Wildman–Crippen LogP) is 2.73. The molecule has 2 aromatic rings. The molecule has 0 radical (unpaired) electrons. The zero-order chi connectivity index (χ0) is 23.4. The fourth-order valence-corrected chi connectivity index (χ4v) is 5.82. The number of anilines is 2. The lowest BCUT2D eigenvalue weighted by Crippen LogP contribution is -2.48. The van der Waals surface area contributed by atoms with Gasteiger partial charge in [-0.05, 0) is 41.7 Å². The van der Waals surface area contributed by atoms with Gasteiger partial charge in [-0.2, -0.15) is 0 Å². The number of nitrogens with two attached hydrogens (primary N) is 1. The summed E-state index contributed by atoms with van der Waals surface area (Å²) in [5, 5.41) is 3.48. The quantitative estimate of drug-likeness (QED) is 0.690. The summed E-state index contributed by atoms with van der Waals surface area (Å²) >= 11 is 6.39. The summed E-state index contributed by atoms with van der Waals surface area (Å²) in [5.41, 5.74) is 8.35. The van der Waals surface area contributed by atoms with Crippen LogP contribution in [0.2, 0.25) is 5.02 Å². The van der Waals surface area contributed by atoms with Crippen LogP contribution in [0.4, 0.5) is 16.4 Å². The molecule has 2 amide bonds. The summed E-state index contributed by atoms with van der Waals surface area (Å²) in [7, 11) is 0. The van der Waals surface area contributed by atoms with Gasteiger partial charge in [0.1, 0.15) is 11.4 Å². The molecule has 178 valence electrons. The standard InChI is InChI=1S/C24H26ClN5O4/c25-17-3-1-2-15-16(17)10-14(21(15)26)11-29-8-6-24(7-9-29)13-30(23(32)34-24)19-5-4-18-22(27-19)28-20(31)12-33-18/h1-5,14,21H,6-13,26H2,(H,27,28,31). The molecule has 4 heterocycles. The predicted molar refractivity (Wildman–Crippen MR) is 126 cm³/mol. The maximum Gasteiger partial charge on any atom is 0.416 e. The molecule has 4 aliphatic rings. The molecule has 1 aromatic carbocycles. The van der Waals surface area contributed by atoms with Gasteiger partial charge in [-0.25, -0.2) is 9.78 Å². The number of carbonyl (C=O) groups excluding carboxylic acids is 2. The Balaban J connectivity index is 1.10. The van der Waals surface area contributed by atoms with Crippen LogP contribution < -0.4 is 20.7 Å². The summed E-state index contributed by atoms with van der Waals surface area (Å²) in [6, 6.07) is 9.40. The molecule has 1 spiro atoms. The third-order valence-electron chi connectivity index (χ3n) is 7.46. The number of pyridine rings is 1. The normalized spacial score (nSPS) is 25.5. The molecule has 34 heavy (non-hydrogen) atoms. The number of amides is 2. The Bertz CT molecular complexity index is 1170. The Morgan fingerprint density at radius 3 is 2.82 bits per heavy atom. The van der Waals surface area contributed by atoms with E-state index in [2.05, 4.69) is 21.3 Å². The topological polar surface area (TPSA) is 110 Å². The van der Waals surface area contributed by atoms with Crippen molar-refractivity contribution >= 4 is 35.2 Å². The lowest BCUT2D eigenvalue weighted by atomic mass is 9.90. The maximum atomic E-state index is 12.7. The number of nitrogens with one attached hydrogen (secondary N) is 1. The lowest BCUT2D eigenvalue weighted by molar-refractivity contribution is -0.118. The second-order valence-corrected chi connectivity index (χ2v) is 10.00. The number of nitrogens with zero attached hydrogens (tertiary/aromatic N) is 3. The van der Waals surface area contributed by atoms with Crippen LogP contribution in [0.3, 0.4) is 0 Å². The maximum absolute atomic E-state index is 12.7. The van der Waals surface area contributed by atoms with Crippen LogP contribution in [0.15, 0.2) is 30.3 Å². The number of rotatable bonds is 3. The summed E-state index contributed by atoms with van der Waals surface area (Å²) in [5.74, 6) is 1.32. The molecule has 9 nitrogen and oxygen atoms in total. The highest BCUT2D eigenvalue weighted by molar-refractivity contribution is 6.31. The third kappa shape index (κ3) is 3.68. The van der Waals surface area contributed by atoms with Gasteiger partial charge in [-0.1, -0.05) is 23.7 Å². The first-order valence-corrected chi connectivity index (χ1v) is 12.0. The van der Waals surface area contributed by atoms with E-state index in [1.165, 1.54) is 5.56 Å². The number of likely N-dealkylation sites (tertiary alicyclic amines) is 1. The van der Waals surface area contributed by atoms with Gasteiger partial charge in [0.2, 0.25) is 0 Å². The van der Waals surface area contributed by atoms with E-state index in [1.807, 2.05) is 12.1 Å². The van der Waals surface area contributed by atoms with Gasteiger partial charge in [0.25, 0.3) is 5.91 Å². The summed E-state index contributed by atoms with van der Waals surface area (Å²) < 4.78 is 11.2. The van der Waals surface area contributed by atoms with Crippen molar-refractivity contribution < 1.29 is 19.1 Å². The average Bonchev–Trinajstić information content (AvgIpc) is 3.32. The van der Waals surface area contributed by atoms with Crippen molar-refractivity contribution in [3.05, 3.63) is 46.5 Å². The number of halogens is 1. The molecule has 3 aliphatic heterocycles. The molecule has 2 atom stereocenters. The van der Waals surface area contributed by atoms with Gasteiger partial charge in [-0.15, -0.1) is 0 Å². The van der Waals surface area contributed by atoms with Crippen molar-refractivity contribution in [1.29, 1.82) is 0 Å². The molecular formula is C24H26ClN5O4. The van der Waals surface area contributed by atoms with E-state index < -0.39 is 11.7 Å². The van der Waals surface area contributed by atoms with E-state index in [1.54, 1.807) is 17.0 Å². The van der Waals surface area contributed by atoms with E-state index in [4.69, 9.17) is 26.8 Å². The van der Waals surface area contributed by atoms with Crippen molar-refractivity contribution in [1.82, 2.24) is 9.88 Å². The van der Waals surface area contributed by atoms with Crippen molar-refractivity contribution in [3.63, 3.8) is 0 Å². The van der Waals surface area contributed by atoms with Crippen molar-refractivity contribution in [2.45, 2.75) is 30.9 Å². The van der Waals surface area contributed by atoms with Crippen LogP contribution >= 0.6 is 11.6 Å². The molecule has 2 saturated heterocycles. The zero-order valence-electron chi connectivity index (χ0n) is 18.6. The second kappa shape index (κ2) is 8.11. The monoisotopic (exact) mass is 483 g/mol. The fraction of sp³-hybridized carbons (Fsp3) is 0.458. The summed E-state index contributed by atoms with van der Waals surface area (Å²) in [6.45, 7) is 2.95. The summed E-state index contributed by atoms with van der Waals surface area (Å²) in [4.78, 5) is 32.7. The summed E-state index contributed by atoms with van der Waals surface area (Å²) in [6.07, 6.45) is 1.97. The molecule has 2 fully saturated rings. The van der Waals surface area contributed by atoms with E-state index in [-0.39, 0.29) is 18.6 Å². The van der Waals surface area contributed by atoms with E-state index in [0.29, 0.717) is 29.8 Å². The van der Waals surface area contributed by atoms with Crippen LogP contribution in [0, 0.1) is 5.92 Å². The van der Waals surface area contributed by atoms with Crippen LogP contribution in [-0.4, -0.2) is 60.3 Å². The Morgan fingerprint density at radius 1 is 1.21 bits per heavy atom. The van der Waals surface area contributed by atoms with Gasteiger partial charge < -0.3 is 25.4 Å². The van der Waals surface area contributed by atoms with E-state index in [0.717, 1.165) is 49.5 Å². The van der Waals surface area contributed by atoms with Crippen molar-refractivity contribution in [2.24, 2.45) is 11.7 Å². The number of ether oxygens (including phenoxy) is 2. The number of fused-ring (bicyclic) bond motifs is 2. The molecule has 6 rings (SSSR count). The average molecular weight is 484 g/mol. The van der Waals surface area contributed by atoms with Gasteiger partial charge >= 0.3 is 6.09 Å². The molecule has 0 saturated carbocycles. The Labute approximate surface area is 202 Å². The largest absolute Gasteiger partial charge is 0.480 e. The van der Waals surface area contributed by atoms with E-state index in [9.17, 15) is 9.59 Å². The first kappa shape index (κ1) is 21.6. The first-order chi connectivity index (χ1) is 16.4. The lowest BCUT2D eigenvalue weighted by Gasteiger charge is -2.38. The number of benzene rings is 1. The Morgan fingerprint density at radius 2 is 2.03 bits per heavy atom. The highest BCUT2D eigenvalue weighted by atomic mass is 35.5.